The first-order valence-corrected chi connectivity index (χ1v) is 14.2. The van der Waals surface area contributed by atoms with E-state index in [1.165, 1.54) is 31.9 Å². The van der Waals surface area contributed by atoms with Crippen LogP contribution in [0.3, 0.4) is 0 Å². The maximum Gasteiger partial charge on any atom is 0.331 e. The third kappa shape index (κ3) is 11.2. The monoisotopic (exact) mass is 612 g/mol. The smallest absolute Gasteiger partial charge is 0.331 e. The number of aromatic nitrogens is 1. The van der Waals surface area contributed by atoms with Crippen LogP contribution in [0.25, 0.3) is 0 Å². The molecule has 10 nitrogen and oxygen atoms in total. The van der Waals surface area contributed by atoms with E-state index in [0.29, 0.717) is 18.1 Å². The van der Waals surface area contributed by atoms with E-state index >= 15 is 0 Å². The minimum absolute atomic E-state index is 0.0347. The molecule has 230 valence electrons. The Labute approximate surface area is 256 Å². The van der Waals surface area contributed by atoms with E-state index in [-0.39, 0.29) is 35.8 Å². The predicted molar refractivity (Wildman–Crippen MR) is 160 cm³/mol. The number of hydrogen-bond acceptors (Lipinski definition) is 9. The van der Waals surface area contributed by atoms with Crippen LogP contribution in [0.4, 0.5) is 0 Å². The molecule has 1 fully saturated rings. The van der Waals surface area contributed by atoms with Crippen LogP contribution >= 0.6 is 11.6 Å². The first kappa shape index (κ1) is 33.4. The van der Waals surface area contributed by atoms with Gasteiger partial charge in [-0.25, -0.2) is 9.78 Å². The zero-order valence-corrected chi connectivity index (χ0v) is 25.5. The van der Waals surface area contributed by atoms with E-state index in [9.17, 15) is 14.4 Å². The van der Waals surface area contributed by atoms with Gasteiger partial charge in [0.25, 0.3) is 5.91 Å². The van der Waals surface area contributed by atoms with Crippen LogP contribution in [-0.2, 0) is 30.2 Å². The molecular weight excluding hydrogens is 576 g/mol. The SMILES string of the molecule is COc1ccnc(C(=O)N[C@H]2COCC(Cc3ccc(Cl)cc3)CC(C)OC2=O)c1OCOC(C)=O.Cc1ccccc1. The number of methoxy groups -OCH3 is 1. The summed E-state index contributed by atoms with van der Waals surface area (Å²) in [5, 5.41) is 3.27. The van der Waals surface area contributed by atoms with Crippen molar-refractivity contribution in [2.45, 2.75) is 45.8 Å². The highest BCUT2D eigenvalue weighted by Gasteiger charge is 2.30. The van der Waals surface area contributed by atoms with Gasteiger partial charge in [0.2, 0.25) is 6.79 Å². The Morgan fingerprint density at radius 3 is 2.42 bits per heavy atom. The molecule has 0 spiro atoms. The first-order chi connectivity index (χ1) is 20.7. The lowest BCUT2D eigenvalue weighted by molar-refractivity contribution is -0.151. The normalized spacial score (nSPS) is 18.3. The van der Waals surface area contributed by atoms with Crippen molar-refractivity contribution in [3.8, 4) is 11.5 Å². The highest BCUT2D eigenvalue weighted by Crippen LogP contribution is 2.29. The van der Waals surface area contributed by atoms with Gasteiger partial charge in [0.05, 0.1) is 19.8 Å². The second kappa shape index (κ2) is 17.1. The number of aryl methyl sites for hydroxylation is 1. The number of amides is 1. The zero-order chi connectivity index (χ0) is 31.2. The fourth-order valence-electron chi connectivity index (χ4n) is 4.31. The molecule has 1 N–H and O–H groups in total. The maximum absolute atomic E-state index is 13.1. The van der Waals surface area contributed by atoms with Crippen molar-refractivity contribution < 1.29 is 38.1 Å². The van der Waals surface area contributed by atoms with E-state index in [4.69, 9.17) is 35.3 Å². The molecule has 1 amide bonds. The molecule has 0 aliphatic carbocycles. The van der Waals surface area contributed by atoms with Crippen molar-refractivity contribution in [3.05, 3.63) is 88.7 Å². The Balaban J connectivity index is 0.000000633. The summed E-state index contributed by atoms with van der Waals surface area (Å²) in [5.74, 6) is -1.61. The Morgan fingerprint density at radius 2 is 1.79 bits per heavy atom. The van der Waals surface area contributed by atoms with Crippen LogP contribution in [0.15, 0.2) is 66.9 Å². The number of rotatable bonds is 8. The average molecular weight is 613 g/mol. The fourth-order valence-corrected chi connectivity index (χ4v) is 4.43. The predicted octanol–water partition coefficient (Wildman–Crippen LogP) is 4.95. The molecule has 0 bridgehead atoms. The largest absolute Gasteiger partial charge is 0.493 e. The molecule has 2 heterocycles. The van der Waals surface area contributed by atoms with Crippen LogP contribution in [-0.4, -0.2) is 62.1 Å². The summed E-state index contributed by atoms with van der Waals surface area (Å²) in [6.07, 6.45) is 2.30. The summed E-state index contributed by atoms with van der Waals surface area (Å²) in [6.45, 7) is 4.97. The lowest BCUT2D eigenvalue weighted by Crippen LogP contribution is -2.45. The summed E-state index contributed by atoms with van der Waals surface area (Å²) >= 11 is 5.97. The van der Waals surface area contributed by atoms with E-state index in [2.05, 4.69) is 29.4 Å². The Hall–Kier alpha value is -4.15. The Morgan fingerprint density at radius 1 is 1.07 bits per heavy atom. The Kier molecular flexibility index (Phi) is 13.3. The summed E-state index contributed by atoms with van der Waals surface area (Å²) in [5.41, 5.74) is 2.27. The third-order valence-corrected chi connectivity index (χ3v) is 6.61. The molecule has 1 aliphatic rings. The number of cyclic esters (lactones) is 1. The maximum atomic E-state index is 13.1. The second-order valence-corrected chi connectivity index (χ2v) is 10.4. The fraction of sp³-hybridized carbons (Fsp3) is 0.375. The number of benzene rings is 2. The van der Waals surface area contributed by atoms with Gasteiger partial charge in [-0.05, 0) is 50.3 Å². The highest BCUT2D eigenvalue weighted by atomic mass is 35.5. The average Bonchev–Trinajstić information content (AvgIpc) is 3.03. The van der Waals surface area contributed by atoms with Crippen molar-refractivity contribution in [2.24, 2.45) is 5.92 Å². The molecule has 4 rings (SSSR count). The van der Waals surface area contributed by atoms with Gasteiger partial charge in [-0.3, -0.25) is 9.59 Å². The first-order valence-electron chi connectivity index (χ1n) is 13.8. The van der Waals surface area contributed by atoms with Crippen LogP contribution in [0.2, 0.25) is 5.02 Å². The van der Waals surface area contributed by atoms with Crippen LogP contribution in [0.1, 0.15) is 41.9 Å². The van der Waals surface area contributed by atoms with Gasteiger partial charge in [0.15, 0.2) is 23.2 Å². The van der Waals surface area contributed by atoms with E-state index in [1.807, 2.05) is 49.4 Å². The van der Waals surface area contributed by atoms with Gasteiger partial charge in [-0.15, -0.1) is 0 Å². The number of carbonyl (C=O) groups excluding carboxylic acids is 3. The third-order valence-electron chi connectivity index (χ3n) is 6.36. The number of esters is 2. The lowest BCUT2D eigenvalue weighted by Gasteiger charge is -2.20. The summed E-state index contributed by atoms with van der Waals surface area (Å²) < 4.78 is 26.8. The summed E-state index contributed by atoms with van der Waals surface area (Å²) in [6, 6.07) is 18.3. The molecule has 1 saturated heterocycles. The van der Waals surface area contributed by atoms with E-state index in [1.54, 1.807) is 0 Å². The number of carbonyl (C=O) groups is 3. The van der Waals surface area contributed by atoms with Crippen LogP contribution in [0, 0.1) is 12.8 Å². The van der Waals surface area contributed by atoms with Gasteiger partial charge in [0.1, 0.15) is 0 Å². The van der Waals surface area contributed by atoms with Gasteiger partial charge in [-0.2, -0.15) is 0 Å². The second-order valence-electron chi connectivity index (χ2n) is 9.99. The molecule has 1 aromatic heterocycles. The number of ether oxygens (including phenoxy) is 5. The van der Waals surface area contributed by atoms with Crippen molar-refractivity contribution in [3.63, 3.8) is 0 Å². The van der Waals surface area contributed by atoms with Crippen molar-refractivity contribution in [1.29, 1.82) is 0 Å². The molecule has 3 aromatic rings. The lowest BCUT2D eigenvalue weighted by atomic mass is 9.95. The van der Waals surface area contributed by atoms with Crippen molar-refractivity contribution in [2.75, 3.05) is 27.1 Å². The highest BCUT2D eigenvalue weighted by molar-refractivity contribution is 6.30. The molecule has 2 unspecified atom stereocenters. The standard InChI is InChI=1S/C25H29ClN2O8.C7H8/c1-15-10-18(11-17-4-6-19(26)7-5-17)12-33-13-20(25(31)36-15)28-24(30)22-23(35-14-34-16(2)29)21(32-3)8-9-27-22;1-7-5-3-2-4-6-7/h4-9,15,18,20H,10-14H2,1-3H3,(H,28,30);2-6H,1H3/t15?,18?,20-;/m0./s1. The molecule has 11 heteroatoms. The van der Waals surface area contributed by atoms with Gasteiger partial charge in [-0.1, -0.05) is 59.6 Å². The van der Waals surface area contributed by atoms with E-state index < -0.39 is 30.7 Å². The number of nitrogens with one attached hydrogen (secondary N) is 1. The summed E-state index contributed by atoms with van der Waals surface area (Å²) in [4.78, 5) is 41.0. The minimum atomic E-state index is -1.07. The summed E-state index contributed by atoms with van der Waals surface area (Å²) in [7, 11) is 1.39. The van der Waals surface area contributed by atoms with Crippen molar-refractivity contribution in [1.82, 2.24) is 10.3 Å². The van der Waals surface area contributed by atoms with Crippen molar-refractivity contribution >= 4 is 29.4 Å². The zero-order valence-electron chi connectivity index (χ0n) is 24.7. The molecule has 0 radical (unpaired) electrons. The molecule has 1 aliphatic heterocycles. The molecule has 43 heavy (non-hydrogen) atoms. The van der Waals surface area contributed by atoms with E-state index in [0.717, 1.165) is 12.0 Å². The number of hydrogen-bond donors (Lipinski definition) is 1. The molecular formula is C32H37ClN2O8. The van der Waals surface area contributed by atoms with Crippen LogP contribution in [0.5, 0.6) is 11.5 Å². The quantitative estimate of drug-likeness (QED) is 0.278. The van der Waals surface area contributed by atoms with Crippen LogP contribution < -0.4 is 14.8 Å². The molecule has 3 atom stereocenters. The van der Waals surface area contributed by atoms with Gasteiger partial charge >= 0.3 is 11.9 Å². The number of halogens is 1. The number of nitrogens with zero attached hydrogens (tertiary/aromatic N) is 1. The topological polar surface area (TPSA) is 122 Å². The molecule has 2 aromatic carbocycles. The minimum Gasteiger partial charge on any atom is -0.493 e. The number of pyridine rings is 1. The van der Waals surface area contributed by atoms with Gasteiger partial charge < -0.3 is 29.0 Å². The van der Waals surface area contributed by atoms with Gasteiger partial charge in [0, 0.05) is 30.8 Å². The molecule has 0 saturated carbocycles. The Bertz CT molecular complexity index is 1340.